The lowest BCUT2D eigenvalue weighted by Crippen LogP contribution is -2.07. The highest BCUT2D eigenvalue weighted by Crippen LogP contribution is 2.31. The Morgan fingerprint density at radius 2 is 2.05 bits per heavy atom. The lowest BCUT2D eigenvalue weighted by molar-refractivity contribution is 0.0596. The zero-order valence-electron chi connectivity index (χ0n) is 11.0. The number of alkyl halides is 2. The average molecular weight is 333 g/mol. The Hall–Kier alpha value is -2.35. The van der Waals surface area contributed by atoms with Crippen molar-refractivity contribution in [2.24, 2.45) is 0 Å². The third-order valence-corrected chi connectivity index (χ3v) is 2.86. The number of nitrogens with zero attached hydrogens (tertiary/aromatic N) is 2. The molecule has 0 aliphatic carbocycles. The maximum absolute atomic E-state index is 13.8. The number of hydrogen-bond donors (Lipinski definition) is 0. The molecule has 0 amide bonds. The van der Waals surface area contributed by atoms with E-state index < -0.39 is 29.5 Å². The monoisotopic (exact) mass is 332 g/mol. The van der Waals surface area contributed by atoms with Gasteiger partial charge >= 0.3 is 5.97 Å². The molecule has 0 bridgehead atoms. The first-order chi connectivity index (χ1) is 10.4. The largest absolute Gasteiger partial charge is 0.465 e. The summed E-state index contributed by atoms with van der Waals surface area (Å²) in [5, 5.41) is -0.249. The number of aromatic nitrogens is 2. The van der Waals surface area contributed by atoms with Crippen LogP contribution in [0.15, 0.2) is 24.5 Å². The van der Waals surface area contributed by atoms with Gasteiger partial charge < -0.3 is 9.47 Å². The first-order valence-corrected chi connectivity index (χ1v) is 6.16. The van der Waals surface area contributed by atoms with Crippen LogP contribution in [-0.4, -0.2) is 23.0 Å². The summed E-state index contributed by atoms with van der Waals surface area (Å²) in [6, 6.07) is 2.61. The van der Waals surface area contributed by atoms with Crippen molar-refractivity contribution < 1.29 is 27.4 Å². The van der Waals surface area contributed by atoms with Crippen LogP contribution in [0, 0.1) is 5.82 Å². The van der Waals surface area contributed by atoms with Gasteiger partial charge in [0.1, 0.15) is 6.33 Å². The number of rotatable bonds is 4. The van der Waals surface area contributed by atoms with Crippen molar-refractivity contribution in [3.63, 3.8) is 0 Å². The van der Waals surface area contributed by atoms with Crippen molar-refractivity contribution in [3.05, 3.63) is 46.6 Å². The first kappa shape index (κ1) is 16.0. The molecule has 5 nitrogen and oxygen atoms in total. The summed E-state index contributed by atoms with van der Waals surface area (Å²) >= 11 is 5.75. The summed E-state index contributed by atoms with van der Waals surface area (Å²) in [7, 11) is 1.10. The second-order valence-corrected chi connectivity index (χ2v) is 4.29. The summed E-state index contributed by atoms with van der Waals surface area (Å²) in [6.07, 6.45) is -1.82. The van der Waals surface area contributed by atoms with E-state index in [0.29, 0.717) is 6.07 Å². The molecule has 1 aromatic carbocycles. The van der Waals surface area contributed by atoms with E-state index in [4.69, 9.17) is 16.3 Å². The first-order valence-electron chi connectivity index (χ1n) is 5.78. The van der Waals surface area contributed by atoms with Crippen molar-refractivity contribution in [1.82, 2.24) is 9.97 Å². The minimum atomic E-state index is -2.82. The van der Waals surface area contributed by atoms with E-state index in [1.54, 1.807) is 0 Å². The lowest BCUT2D eigenvalue weighted by atomic mass is 10.2. The van der Waals surface area contributed by atoms with Crippen LogP contribution in [0.2, 0.25) is 5.15 Å². The normalized spacial score (nSPS) is 10.6. The molecule has 0 saturated carbocycles. The van der Waals surface area contributed by atoms with Crippen LogP contribution >= 0.6 is 11.6 Å². The lowest BCUT2D eigenvalue weighted by Gasteiger charge is -2.10. The van der Waals surface area contributed by atoms with Crippen molar-refractivity contribution in [2.45, 2.75) is 6.43 Å². The molecule has 0 spiro atoms. The fraction of sp³-hybridized carbons (Fsp3) is 0.154. The van der Waals surface area contributed by atoms with Crippen molar-refractivity contribution in [2.75, 3.05) is 7.11 Å². The number of esters is 1. The summed E-state index contributed by atoms with van der Waals surface area (Å²) < 4.78 is 48.3. The van der Waals surface area contributed by atoms with Crippen LogP contribution in [0.4, 0.5) is 13.2 Å². The molecular weight excluding hydrogens is 325 g/mol. The topological polar surface area (TPSA) is 61.3 Å². The Bertz CT molecular complexity index is 713. The number of carbonyl (C=O) groups is 1. The molecule has 116 valence electrons. The minimum absolute atomic E-state index is 0.249. The predicted octanol–water partition coefficient (Wildman–Crippen LogP) is 3.79. The number of hydrogen-bond acceptors (Lipinski definition) is 5. The van der Waals surface area contributed by atoms with Gasteiger partial charge in [-0.15, -0.1) is 0 Å². The Morgan fingerprint density at radius 1 is 1.32 bits per heavy atom. The summed E-state index contributed by atoms with van der Waals surface area (Å²) in [4.78, 5) is 18.9. The van der Waals surface area contributed by atoms with Gasteiger partial charge in [-0.2, -0.15) is 0 Å². The SMILES string of the molecule is COC(=O)c1c(Cl)ncnc1Oc1ccc(C(F)F)cc1F. The second kappa shape index (κ2) is 6.61. The van der Waals surface area contributed by atoms with Crippen molar-refractivity contribution >= 4 is 17.6 Å². The maximum atomic E-state index is 13.8. The van der Waals surface area contributed by atoms with E-state index in [1.807, 2.05) is 0 Å². The Balaban J connectivity index is 2.39. The fourth-order valence-electron chi connectivity index (χ4n) is 1.54. The highest BCUT2D eigenvalue weighted by atomic mass is 35.5. The number of methoxy groups -OCH3 is 1. The van der Waals surface area contributed by atoms with E-state index in [0.717, 1.165) is 25.6 Å². The fourth-order valence-corrected chi connectivity index (χ4v) is 1.74. The van der Waals surface area contributed by atoms with E-state index in [1.165, 1.54) is 0 Å². The molecule has 1 heterocycles. The minimum Gasteiger partial charge on any atom is -0.465 e. The number of ether oxygens (including phenoxy) is 2. The highest BCUT2D eigenvalue weighted by molar-refractivity contribution is 6.32. The molecule has 0 aliphatic rings. The van der Waals surface area contributed by atoms with Crippen molar-refractivity contribution in [1.29, 1.82) is 0 Å². The molecule has 0 saturated heterocycles. The molecule has 0 fully saturated rings. The van der Waals surface area contributed by atoms with Gasteiger partial charge in [0.2, 0.25) is 5.88 Å². The molecule has 2 aromatic rings. The third-order valence-electron chi connectivity index (χ3n) is 2.57. The molecule has 0 N–H and O–H groups in total. The maximum Gasteiger partial charge on any atom is 0.346 e. The van der Waals surface area contributed by atoms with E-state index >= 15 is 0 Å². The molecule has 0 atom stereocenters. The standard InChI is InChI=1S/C13H8ClF3N2O3/c1-21-13(20)9-10(14)18-5-19-12(9)22-8-3-2-6(11(16)17)4-7(8)15/h2-5,11H,1H3. The molecule has 9 heteroatoms. The molecule has 0 unspecified atom stereocenters. The molecular formula is C13H8ClF3N2O3. The van der Waals surface area contributed by atoms with Crippen molar-refractivity contribution in [3.8, 4) is 11.6 Å². The van der Waals surface area contributed by atoms with Crippen LogP contribution < -0.4 is 4.74 Å². The quantitative estimate of drug-likeness (QED) is 0.629. The van der Waals surface area contributed by atoms with E-state index in [2.05, 4.69) is 14.7 Å². The van der Waals surface area contributed by atoms with Gasteiger partial charge in [0, 0.05) is 5.56 Å². The molecule has 0 radical (unpaired) electrons. The van der Waals surface area contributed by atoms with Gasteiger partial charge in [-0.25, -0.2) is 27.9 Å². The zero-order valence-corrected chi connectivity index (χ0v) is 11.8. The van der Waals surface area contributed by atoms with Gasteiger partial charge in [-0.05, 0) is 18.2 Å². The van der Waals surface area contributed by atoms with Gasteiger partial charge in [0.25, 0.3) is 6.43 Å². The highest BCUT2D eigenvalue weighted by Gasteiger charge is 2.22. The van der Waals surface area contributed by atoms with Crippen LogP contribution in [0.25, 0.3) is 0 Å². The molecule has 1 aromatic heterocycles. The number of halogens is 4. The van der Waals surface area contributed by atoms with Crippen LogP contribution in [-0.2, 0) is 4.74 Å². The second-order valence-electron chi connectivity index (χ2n) is 3.93. The third kappa shape index (κ3) is 3.28. The number of benzene rings is 1. The summed E-state index contributed by atoms with van der Waals surface area (Å²) in [5.41, 5.74) is -0.803. The average Bonchev–Trinajstić information content (AvgIpc) is 2.48. The smallest absolute Gasteiger partial charge is 0.346 e. The number of carbonyl (C=O) groups excluding carboxylic acids is 1. The van der Waals surface area contributed by atoms with Crippen LogP contribution in [0.3, 0.4) is 0 Å². The summed E-state index contributed by atoms with van der Waals surface area (Å²) in [5.74, 6) is -2.67. The van der Waals surface area contributed by atoms with Crippen LogP contribution in [0.5, 0.6) is 11.6 Å². The summed E-state index contributed by atoms with van der Waals surface area (Å²) in [6.45, 7) is 0. The van der Waals surface area contributed by atoms with Gasteiger partial charge in [0.05, 0.1) is 7.11 Å². The van der Waals surface area contributed by atoms with Gasteiger partial charge in [-0.1, -0.05) is 11.6 Å². The molecule has 22 heavy (non-hydrogen) atoms. The zero-order chi connectivity index (χ0) is 16.3. The Morgan fingerprint density at radius 3 is 2.64 bits per heavy atom. The molecule has 2 rings (SSSR count). The molecule has 0 aliphatic heterocycles. The van der Waals surface area contributed by atoms with E-state index in [-0.39, 0.29) is 16.6 Å². The predicted molar refractivity (Wildman–Crippen MR) is 69.8 cm³/mol. The van der Waals surface area contributed by atoms with Crippen LogP contribution in [0.1, 0.15) is 22.3 Å². The van der Waals surface area contributed by atoms with Gasteiger partial charge in [-0.3, -0.25) is 0 Å². The van der Waals surface area contributed by atoms with Gasteiger partial charge in [0.15, 0.2) is 22.3 Å². The Kier molecular flexibility index (Phi) is 4.81. The Labute approximate surface area is 127 Å². The van der Waals surface area contributed by atoms with E-state index in [9.17, 15) is 18.0 Å².